The molecule has 3 aliphatic heterocycles. The second kappa shape index (κ2) is 13.0. The number of carbonyl (C=O) groups excluding carboxylic acids is 2. The van der Waals surface area contributed by atoms with Crippen molar-refractivity contribution in [1.82, 2.24) is 14.7 Å². The first-order valence-corrected chi connectivity index (χ1v) is 14.6. The molecule has 36 heavy (non-hydrogen) atoms. The average Bonchev–Trinajstić information content (AvgIpc) is 2.89. The number of benzene rings is 1. The van der Waals surface area contributed by atoms with Crippen LogP contribution in [0.2, 0.25) is 0 Å². The molecule has 2 saturated heterocycles. The van der Waals surface area contributed by atoms with Gasteiger partial charge in [-0.05, 0) is 75.7 Å². The molecule has 1 aromatic carbocycles. The lowest BCUT2D eigenvalue weighted by molar-refractivity contribution is -0.134. The Bertz CT molecular complexity index is 866. The molecule has 0 radical (unpaired) electrons. The molecule has 2 unspecified atom stereocenters. The summed E-state index contributed by atoms with van der Waals surface area (Å²) in [6.07, 6.45) is 9.87. The highest BCUT2D eigenvalue weighted by atomic mass is 16.2. The Morgan fingerprint density at radius 2 is 1.67 bits per heavy atom. The number of piperidine rings is 2. The van der Waals surface area contributed by atoms with Gasteiger partial charge in [0.25, 0.3) is 0 Å². The van der Waals surface area contributed by atoms with Gasteiger partial charge >= 0.3 is 0 Å². The molecule has 3 aliphatic rings. The Kier molecular flexibility index (Phi) is 9.83. The van der Waals surface area contributed by atoms with Gasteiger partial charge in [-0.2, -0.15) is 0 Å². The lowest BCUT2D eigenvalue weighted by atomic mass is 9.92. The van der Waals surface area contributed by atoms with Crippen molar-refractivity contribution in [1.29, 1.82) is 0 Å². The summed E-state index contributed by atoms with van der Waals surface area (Å²) in [5.41, 5.74) is 2.08. The molecule has 0 spiro atoms. The fourth-order valence-electron chi connectivity index (χ4n) is 6.38. The number of rotatable bonds is 6. The maximum atomic E-state index is 13.8. The number of hydrogen-bond acceptors (Lipinski definition) is 4. The number of anilines is 1. The molecule has 2 fully saturated rings. The average molecular weight is 497 g/mol. The van der Waals surface area contributed by atoms with Crippen LogP contribution in [0.1, 0.15) is 84.1 Å². The monoisotopic (exact) mass is 496 g/mol. The summed E-state index contributed by atoms with van der Waals surface area (Å²) < 4.78 is 0. The molecular formula is C30H48N4O2. The van der Waals surface area contributed by atoms with Gasteiger partial charge in [0, 0.05) is 43.8 Å². The van der Waals surface area contributed by atoms with E-state index < -0.39 is 0 Å². The van der Waals surface area contributed by atoms with Gasteiger partial charge in [0.2, 0.25) is 11.8 Å². The summed E-state index contributed by atoms with van der Waals surface area (Å²) in [5.74, 6) is 1.07. The first-order chi connectivity index (χ1) is 17.5. The minimum Gasteiger partial charge on any atom is -0.336 e. The Morgan fingerprint density at radius 3 is 2.42 bits per heavy atom. The molecule has 6 nitrogen and oxygen atoms in total. The van der Waals surface area contributed by atoms with E-state index in [4.69, 9.17) is 0 Å². The van der Waals surface area contributed by atoms with Crippen LogP contribution in [0.15, 0.2) is 24.3 Å². The highest BCUT2D eigenvalue weighted by Crippen LogP contribution is 2.31. The molecule has 200 valence electrons. The molecule has 2 amide bonds. The van der Waals surface area contributed by atoms with Crippen molar-refractivity contribution < 1.29 is 9.59 Å². The van der Waals surface area contributed by atoms with Crippen LogP contribution in [0.5, 0.6) is 0 Å². The maximum Gasteiger partial charge on any atom is 0.237 e. The fourth-order valence-corrected chi connectivity index (χ4v) is 6.38. The van der Waals surface area contributed by atoms with Crippen LogP contribution in [-0.4, -0.2) is 77.9 Å². The quantitative estimate of drug-likeness (QED) is 0.561. The lowest BCUT2D eigenvalue weighted by Gasteiger charge is -2.44. The Labute approximate surface area is 219 Å². The van der Waals surface area contributed by atoms with Gasteiger partial charge in [0.1, 0.15) is 0 Å². The standard InChI is InChI=1S/C30H48N4O2/c1-4-29(35)34-20-16-26-12-10-13-27(33(26)19-15-24(2)3)22-32(21-25-11-6-7-14-28(25)34)30(36)23-31-17-8-5-9-18-31/h6-7,11,14,24,26-27H,4-5,8-10,12-13,15-23H2,1-3H3. The van der Waals surface area contributed by atoms with E-state index in [1.807, 2.05) is 24.0 Å². The third kappa shape index (κ3) is 6.89. The largest absolute Gasteiger partial charge is 0.336 e. The maximum absolute atomic E-state index is 13.8. The Morgan fingerprint density at radius 1 is 0.917 bits per heavy atom. The smallest absolute Gasteiger partial charge is 0.237 e. The first kappa shape index (κ1) is 27.1. The zero-order valence-electron chi connectivity index (χ0n) is 23.0. The summed E-state index contributed by atoms with van der Waals surface area (Å²) in [6.45, 7) is 12.3. The number of hydrogen-bond donors (Lipinski definition) is 0. The fraction of sp³-hybridized carbons (Fsp3) is 0.733. The Balaban J connectivity index is 1.67. The SMILES string of the molecule is CCC(=O)N1CCC2CCCC(CN(C(=O)CN3CCCCC3)Cc3ccccc31)N2CCC(C)C. The number of fused-ring (bicyclic) bond motifs is 3. The zero-order chi connectivity index (χ0) is 25.5. The Hall–Kier alpha value is -1.92. The molecule has 0 aliphatic carbocycles. The van der Waals surface area contributed by atoms with Gasteiger partial charge in [-0.1, -0.05) is 51.8 Å². The van der Waals surface area contributed by atoms with Crippen molar-refractivity contribution in [2.75, 3.05) is 44.2 Å². The molecule has 2 atom stereocenters. The van der Waals surface area contributed by atoms with Crippen molar-refractivity contribution >= 4 is 17.5 Å². The number of amides is 2. The van der Waals surface area contributed by atoms with Crippen molar-refractivity contribution in [3.63, 3.8) is 0 Å². The molecule has 1 aromatic rings. The molecule has 2 bridgehead atoms. The summed E-state index contributed by atoms with van der Waals surface area (Å²) in [4.78, 5) is 36.2. The molecule has 0 N–H and O–H groups in total. The van der Waals surface area contributed by atoms with E-state index in [1.165, 1.54) is 38.5 Å². The molecule has 4 rings (SSSR count). The number of likely N-dealkylation sites (tertiary alicyclic amines) is 1. The highest BCUT2D eigenvalue weighted by Gasteiger charge is 2.34. The zero-order valence-corrected chi connectivity index (χ0v) is 23.0. The molecule has 3 heterocycles. The summed E-state index contributed by atoms with van der Waals surface area (Å²) in [5, 5.41) is 0. The number of para-hydroxylation sites is 1. The lowest BCUT2D eigenvalue weighted by Crippen LogP contribution is -2.54. The van der Waals surface area contributed by atoms with Gasteiger partial charge in [0.15, 0.2) is 0 Å². The van der Waals surface area contributed by atoms with E-state index in [-0.39, 0.29) is 11.8 Å². The van der Waals surface area contributed by atoms with E-state index in [2.05, 4.69) is 40.7 Å². The second-order valence-electron chi connectivity index (χ2n) is 11.6. The van der Waals surface area contributed by atoms with E-state index in [0.29, 0.717) is 37.5 Å². The third-order valence-electron chi connectivity index (χ3n) is 8.50. The third-order valence-corrected chi connectivity index (χ3v) is 8.50. The van der Waals surface area contributed by atoms with E-state index in [1.54, 1.807) is 0 Å². The van der Waals surface area contributed by atoms with E-state index in [0.717, 1.165) is 56.8 Å². The summed E-state index contributed by atoms with van der Waals surface area (Å²) in [6, 6.07) is 9.14. The molecular weight excluding hydrogens is 448 g/mol. The van der Waals surface area contributed by atoms with Gasteiger partial charge in [-0.15, -0.1) is 0 Å². The van der Waals surface area contributed by atoms with Crippen LogP contribution < -0.4 is 4.90 Å². The predicted octanol–water partition coefficient (Wildman–Crippen LogP) is 4.92. The second-order valence-corrected chi connectivity index (χ2v) is 11.6. The summed E-state index contributed by atoms with van der Waals surface area (Å²) in [7, 11) is 0. The van der Waals surface area contributed by atoms with E-state index >= 15 is 0 Å². The number of carbonyl (C=O) groups is 2. The van der Waals surface area contributed by atoms with Gasteiger partial charge in [-0.25, -0.2) is 0 Å². The molecule has 0 aromatic heterocycles. The van der Waals surface area contributed by atoms with Gasteiger partial charge in [-0.3, -0.25) is 19.4 Å². The van der Waals surface area contributed by atoms with E-state index in [9.17, 15) is 9.59 Å². The first-order valence-electron chi connectivity index (χ1n) is 14.6. The number of nitrogens with zero attached hydrogens (tertiary/aromatic N) is 4. The van der Waals surface area contributed by atoms with Crippen molar-refractivity contribution in [3.05, 3.63) is 29.8 Å². The van der Waals surface area contributed by atoms with Crippen molar-refractivity contribution in [3.8, 4) is 0 Å². The molecule has 6 heteroatoms. The van der Waals surface area contributed by atoms with Crippen LogP contribution in [-0.2, 0) is 16.1 Å². The topological polar surface area (TPSA) is 47.1 Å². The highest BCUT2D eigenvalue weighted by molar-refractivity contribution is 5.94. The van der Waals surface area contributed by atoms with Crippen molar-refractivity contribution in [2.24, 2.45) is 5.92 Å². The van der Waals surface area contributed by atoms with Crippen LogP contribution in [0.25, 0.3) is 0 Å². The predicted molar refractivity (Wildman–Crippen MR) is 147 cm³/mol. The van der Waals surface area contributed by atoms with Crippen LogP contribution in [0.4, 0.5) is 5.69 Å². The minimum absolute atomic E-state index is 0.175. The molecule has 0 saturated carbocycles. The normalized spacial score (nSPS) is 24.3. The summed E-state index contributed by atoms with van der Waals surface area (Å²) >= 11 is 0. The van der Waals surface area contributed by atoms with Gasteiger partial charge in [0.05, 0.1) is 6.54 Å². The van der Waals surface area contributed by atoms with Crippen LogP contribution >= 0.6 is 0 Å². The van der Waals surface area contributed by atoms with Gasteiger partial charge < -0.3 is 9.80 Å². The van der Waals surface area contributed by atoms with Crippen LogP contribution in [0, 0.1) is 5.92 Å². The van der Waals surface area contributed by atoms with Crippen LogP contribution in [0.3, 0.4) is 0 Å². The minimum atomic E-state index is 0.175. The van der Waals surface area contributed by atoms with Crippen molar-refractivity contribution in [2.45, 2.75) is 97.2 Å².